The van der Waals surface area contributed by atoms with E-state index in [2.05, 4.69) is 32.3 Å². The van der Waals surface area contributed by atoms with Crippen molar-refractivity contribution in [3.05, 3.63) is 69.5 Å². The fourth-order valence-electron chi connectivity index (χ4n) is 2.74. The van der Waals surface area contributed by atoms with Crippen molar-refractivity contribution in [2.45, 2.75) is 18.9 Å². The van der Waals surface area contributed by atoms with Crippen LogP contribution in [0.1, 0.15) is 29.3 Å². The van der Waals surface area contributed by atoms with Crippen molar-refractivity contribution >= 4 is 27.9 Å². The molecule has 0 fully saturated rings. The third-order valence-electron chi connectivity index (χ3n) is 3.83. The summed E-state index contributed by atoms with van der Waals surface area (Å²) in [6.07, 6.45) is 3.31. The predicted octanol–water partition coefficient (Wildman–Crippen LogP) is 3.55. The Morgan fingerprint density at radius 3 is 2.91 bits per heavy atom. The largest absolute Gasteiger partial charge is 0.345 e. The van der Waals surface area contributed by atoms with Gasteiger partial charge in [0.1, 0.15) is 16.2 Å². The summed E-state index contributed by atoms with van der Waals surface area (Å²) >= 11 is 3.28. The van der Waals surface area contributed by atoms with Crippen LogP contribution in [0.2, 0.25) is 0 Å². The van der Waals surface area contributed by atoms with Crippen LogP contribution in [0.3, 0.4) is 0 Å². The quantitative estimate of drug-likeness (QED) is 0.512. The molecule has 114 valence electrons. The molecule has 0 saturated heterocycles. The van der Waals surface area contributed by atoms with Crippen LogP contribution < -0.4 is 5.32 Å². The maximum Gasteiger partial charge on any atom is 0.262 e. The van der Waals surface area contributed by atoms with Crippen LogP contribution in [0.4, 0.5) is 0 Å². The number of rotatable bonds is 3. The Morgan fingerprint density at radius 2 is 2.13 bits per heavy atom. The number of hydrogen-bond acceptors (Lipinski definition) is 3. The average molecular weight is 368 g/mol. The predicted molar refractivity (Wildman–Crippen MR) is 91.2 cm³/mol. The number of nitrogens with zero attached hydrogens (tertiary/aromatic N) is 2. The first kappa shape index (κ1) is 15.4. The van der Waals surface area contributed by atoms with Crippen LogP contribution >= 0.6 is 15.9 Å². The Balaban J connectivity index is 1.78. The second-order valence-corrected chi connectivity index (χ2v) is 6.13. The molecule has 5 heteroatoms. The van der Waals surface area contributed by atoms with E-state index >= 15 is 0 Å². The lowest BCUT2D eigenvalue weighted by Gasteiger charge is -2.13. The third kappa shape index (κ3) is 3.49. The van der Waals surface area contributed by atoms with E-state index in [0.717, 1.165) is 18.4 Å². The van der Waals surface area contributed by atoms with Crippen molar-refractivity contribution in [1.29, 1.82) is 5.26 Å². The monoisotopic (exact) mass is 367 g/mol. The van der Waals surface area contributed by atoms with Gasteiger partial charge in [-0.25, -0.2) is 4.98 Å². The van der Waals surface area contributed by atoms with Gasteiger partial charge in [-0.3, -0.25) is 4.79 Å². The molecular formula is C18H14BrN3O. The minimum atomic E-state index is -0.365. The Bertz CT molecular complexity index is 823. The lowest BCUT2D eigenvalue weighted by atomic mass is 10.1. The molecule has 1 atom stereocenters. The smallest absolute Gasteiger partial charge is 0.262 e. The number of fused-ring (bicyclic) bond motifs is 1. The van der Waals surface area contributed by atoms with E-state index in [1.165, 1.54) is 11.6 Å². The molecule has 2 aromatic rings. The lowest BCUT2D eigenvalue weighted by Crippen LogP contribution is -2.28. The van der Waals surface area contributed by atoms with Crippen LogP contribution in [0, 0.1) is 11.3 Å². The number of halogens is 1. The van der Waals surface area contributed by atoms with Gasteiger partial charge in [0.2, 0.25) is 0 Å². The van der Waals surface area contributed by atoms with Crippen molar-refractivity contribution in [2.75, 3.05) is 0 Å². The molecule has 3 rings (SSSR count). The number of amides is 1. The Hall–Kier alpha value is -2.45. The van der Waals surface area contributed by atoms with Gasteiger partial charge in [-0.15, -0.1) is 0 Å². The number of carbonyl (C=O) groups excluding carboxylic acids is 1. The minimum Gasteiger partial charge on any atom is -0.345 e. The summed E-state index contributed by atoms with van der Waals surface area (Å²) in [5.74, 6) is -0.365. The van der Waals surface area contributed by atoms with E-state index in [0.29, 0.717) is 10.3 Å². The van der Waals surface area contributed by atoms with Crippen molar-refractivity contribution in [3.63, 3.8) is 0 Å². The van der Waals surface area contributed by atoms with Gasteiger partial charge in [0.25, 0.3) is 5.91 Å². The fourth-order valence-corrected chi connectivity index (χ4v) is 3.10. The molecule has 0 spiro atoms. The fraction of sp³-hybridized carbons (Fsp3) is 0.167. The van der Waals surface area contributed by atoms with E-state index in [1.807, 2.05) is 30.3 Å². The molecule has 1 aliphatic carbocycles. The molecule has 0 bridgehead atoms. The Labute approximate surface area is 143 Å². The third-order valence-corrected chi connectivity index (χ3v) is 4.27. The van der Waals surface area contributed by atoms with E-state index in [1.54, 1.807) is 12.1 Å². The first-order valence-corrected chi connectivity index (χ1v) is 8.09. The number of pyridine rings is 1. The van der Waals surface area contributed by atoms with Crippen molar-refractivity contribution in [1.82, 2.24) is 10.3 Å². The molecule has 0 aliphatic heterocycles. The highest BCUT2D eigenvalue weighted by molar-refractivity contribution is 9.10. The van der Waals surface area contributed by atoms with Gasteiger partial charge in [-0.05, 0) is 58.1 Å². The van der Waals surface area contributed by atoms with Gasteiger partial charge >= 0.3 is 0 Å². The molecule has 0 radical (unpaired) electrons. The second-order valence-electron chi connectivity index (χ2n) is 5.32. The summed E-state index contributed by atoms with van der Waals surface area (Å²) in [6.45, 7) is 0. The van der Waals surface area contributed by atoms with Crippen molar-refractivity contribution in [2.24, 2.45) is 0 Å². The summed E-state index contributed by atoms with van der Waals surface area (Å²) in [7, 11) is 0. The SMILES string of the molecule is N#C/C(=C\c1cccc(Br)n1)C(=O)N[C@@H]1CCc2ccccc21. The number of aromatic nitrogens is 1. The Kier molecular flexibility index (Phi) is 4.54. The number of hydrogen-bond donors (Lipinski definition) is 1. The molecule has 1 aromatic heterocycles. The Morgan fingerprint density at radius 1 is 1.30 bits per heavy atom. The molecule has 1 heterocycles. The molecular weight excluding hydrogens is 354 g/mol. The minimum absolute atomic E-state index is 0.0362. The van der Waals surface area contributed by atoms with Crippen molar-refractivity contribution in [3.8, 4) is 6.07 Å². The van der Waals surface area contributed by atoms with E-state index in [-0.39, 0.29) is 17.5 Å². The van der Waals surface area contributed by atoms with Gasteiger partial charge in [0.15, 0.2) is 0 Å². The highest BCUT2D eigenvalue weighted by Gasteiger charge is 2.24. The van der Waals surface area contributed by atoms with Gasteiger partial charge in [0, 0.05) is 0 Å². The van der Waals surface area contributed by atoms with Gasteiger partial charge < -0.3 is 5.32 Å². The van der Waals surface area contributed by atoms with E-state index < -0.39 is 0 Å². The van der Waals surface area contributed by atoms with Crippen LogP contribution in [-0.2, 0) is 11.2 Å². The highest BCUT2D eigenvalue weighted by Crippen LogP contribution is 2.30. The number of nitriles is 1. The number of benzene rings is 1. The molecule has 0 unspecified atom stereocenters. The molecule has 4 nitrogen and oxygen atoms in total. The van der Waals surface area contributed by atoms with E-state index in [4.69, 9.17) is 0 Å². The number of aryl methyl sites for hydroxylation is 1. The summed E-state index contributed by atoms with van der Waals surface area (Å²) < 4.78 is 0.661. The second kappa shape index (κ2) is 6.76. The summed E-state index contributed by atoms with van der Waals surface area (Å²) in [6, 6.07) is 15.3. The normalized spacial score (nSPS) is 16.5. The maximum absolute atomic E-state index is 12.4. The van der Waals surface area contributed by atoms with Crippen LogP contribution in [0.25, 0.3) is 6.08 Å². The molecule has 1 N–H and O–H groups in total. The maximum atomic E-state index is 12.4. The van der Waals surface area contributed by atoms with E-state index in [9.17, 15) is 10.1 Å². The zero-order chi connectivity index (χ0) is 16.2. The number of nitrogens with one attached hydrogen (secondary N) is 1. The lowest BCUT2D eigenvalue weighted by molar-refractivity contribution is -0.117. The molecule has 1 amide bonds. The summed E-state index contributed by atoms with van der Waals surface area (Å²) in [5, 5.41) is 12.2. The van der Waals surface area contributed by atoms with Crippen LogP contribution in [0.15, 0.2) is 52.6 Å². The van der Waals surface area contributed by atoms with Crippen molar-refractivity contribution < 1.29 is 4.79 Å². The first-order valence-electron chi connectivity index (χ1n) is 7.30. The number of carbonyl (C=O) groups is 1. The van der Waals surface area contributed by atoms with Gasteiger partial charge in [-0.2, -0.15) is 5.26 Å². The van der Waals surface area contributed by atoms with Crippen LogP contribution in [-0.4, -0.2) is 10.9 Å². The van der Waals surface area contributed by atoms with Crippen LogP contribution in [0.5, 0.6) is 0 Å². The summed E-state index contributed by atoms with van der Waals surface area (Å²) in [5.41, 5.74) is 3.02. The average Bonchev–Trinajstić information content (AvgIpc) is 2.96. The summed E-state index contributed by atoms with van der Waals surface area (Å²) in [4.78, 5) is 16.6. The van der Waals surface area contributed by atoms with Gasteiger partial charge in [-0.1, -0.05) is 30.3 Å². The van der Waals surface area contributed by atoms with Gasteiger partial charge in [0.05, 0.1) is 11.7 Å². The topological polar surface area (TPSA) is 65.8 Å². The molecule has 23 heavy (non-hydrogen) atoms. The first-order chi connectivity index (χ1) is 11.2. The zero-order valence-electron chi connectivity index (χ0n) is 12.3. The highest BCUT2D eigenvalue weighted by atomic mass is 79.9. The standard InChI is InChI=1S/C18H14BrN3O/c19-17-7-3-5-14(21-17)10-13(11-20)18(23)22-16-9-8-12-4-1-2-6-15(12)16/h1-7,10,16H,8-9H2,(H,22,23)/b13-10+/t16-/m1/s1. The molecule has 1 aliphatic rings. The molecule has 1 aromatic carbocycles. The zero-order valence-corrected chi connectivity index (χ0v) is 13.9. The molecule has 0 saturated carbocycles.